The molecule has 0 aromatic carbocycles. The summed E-state index contributed by atoms with van der Waals surface area (Å²) >= 11 is 5.57. The van der Waals surface area contributed by atoms with Crippen LogP contribution in [0, 0.1) is 0 Å². The number of rotatable bonds is 3. The number of carbonyl (C=O) groups is 1. The molecule has 0 unspecified atom stereocenters. The fourth-order valence-corrected chi connectivity index (χ4v) is 0.914. The smallest absolute Gasteiger partial charge is 0.343 e. The number of anilines is 1. The molecule has 0 atom stereocenters. The molecular weight excluding hydrogens is 208 g/mol. The van der Waals surface area contributed by atoms with Crippen molar-refractivity contribution in [2.75, 3.05) is 19.5 Å². The van der Waals surface area contributed by atoms with Crippen molar-refractivity contribution in [3.8, 4) is 5.75 Å². The zero-order valence-electron chi connectivity index (χ0n) is 7.49. The van der Waals surface area contributed by atoms with Crippen molar-refractivity contribution >= 4 is 23.3 Å². The fraction of sp³-hybridized carbons (Fsp3) is 0.250. The lowest BCUT2D eigenvalue weighted by atomic mass is 10.4. The number of aromatic nitrogens is 1. The van der Waals surface area contributed by atoms with E-state index in [1.807, 2.05) is 0 Å². The minimum absolute atomic E-state index is 0.204. The van der Waals surface area contributed by atoms with Crippen LogP contribution in [0.25, 0.3) is 0 Å². The van der Waals surface area contributed by atoms with Gasteiger partial charge >= 0.3 is 5.97 Å². The average Bonchev–Trinajstić information content (AvgIpc) is 2.16. The van der Waals surface area contributed by atoms with Crippen LogP contribution < -0.4 is 10.5 Å². The van der Waals surface area contributed by atoms with Crippen molar-refractivity contribution in [1.82, 2.24) is 4.98 Å². The lowest BCUT2D eigenvalue weighted by Gasteiger charge is -2.06. The Morgan fingerprint density at radius 3 is 3.00 bits per heavy atom. The highest BCUT2D eigenvalue weighted by Gasteiger charge is 2.05. The number of carbonyl (C=O) groups excluding carboxylic acids is 1. The average molecular weight is 217 g/mol. The monoisotopic (exact) mass is 216 g/mol. The Morgan fingerprint density at radius 1 is 1.71 bits per heavy atom. The number of halogens is 1. The SMILES string of the molecule is COC(=O)COc1cnc(Cl)cc1N. The van der Waals surface area contributed by atoms with Crippen molar-refractivity contribution in [3.63, 3.8) is 0 Å². The van der Waals surface area contributed by atoms with E-state index in [-0.39, 0.29) is 11.8 Å². The molecule has 0 saturated heterocycles. The zero-order valence-corrected chi connectivity index (χ0v) is 8.25. The maximum absolute atomic E-state index is 10.7. The molecule has 0 aliphatic carbocycles. The summed E-state index contributed by atoms with van der Waals surface area (Å²) < 4.78 is 9.41. The van der Waals surface area contributed by atoms with E-state index in [0.29, 0.717) is 11.4 Å². The quantitative estimate of drug-likeness (QED) is 0.600. The number of ether oxygens (including phenoxy) is 2. The van der Waals surface area contributed by atoms with Gasteiger partial charge < -0.3 is 15.2 Å². The summed E-state index contributed by atoms with van der Waals surface area (Å²) in [5, 5.41) is 0.271. The summed E-state index contributed by atoms with van der Waals surface area (Å²) in [5.74, 6) is -0.181. The van der Waals surface area contributed by atoms with Crippen LogP contribution in [0.3, 0.4) is 0 Å². The van der Waals surface area contributed by atoms with Gasteiger partial charge in [0.05, 0.1) is 19.0 Å². The van der Waals surface area contributed by atoms with Gasteiger partial charge in [0.2, 0.25) is 0 Å². The van der Waals surface area contributed by atoms with Crippen LogP contribution in [0.1, 0.15) is 0 Å². The molecule has 1 heterocycles. The van der Waals surface area contributed by atoms with Crippen LogP contribution >= 0.6 is 11.6 Å². The van der Waals surface area contributed by atoms with Crippen LogP contribution in [0.15, 0.2) is 12.3 Å². The summed E-state index contributed by atoms with van der Waals surface area (Å²) in [6.45, 7) is -0.204. The summed E-state index contributed by atoms with van der Waals surface area (Å²) in [6, 6.07) is 1.44. The minimum atomic E-state index is -0.487. The van der Waals surface area contributed by atoms with Gasteiger partial charge in [0, 0.05) is 6.07 Å². The first-order chi connectivity index (χ1) is 6.63. The number of pyridine rings is 1. The second kappa shape index (κ2) is 4.66. The Kier molecular flexibility index (Phi) is 3.53. The Bertz CT molecular complexity index is 343. The molecule has 0 aliphatic rings. The van der Waals surface area contributed by atoms with E-state index in [9.17, 15) is 4.79 Å². The first kappa shape index (κ1) is 10.6. The molecule has 76 valence electrons. The van der Waals surface area contributed by atoms with Gasteiger partial charge in [-0.1, -0.05) is 11.6 Å². The maximum Gasteiger partial charge on any atom is 0.343 e. The van der Waals surface area contributed by atoms with Gasteiger partial charge in [-0.3, -0.25) is 0 Å². The molecule has 1 aromatic heterocycles. The van der Waals surface area contributed by atoms with E-state index >= 15 is 0 Å². The van der Waals surface area contributed by atoms with Gasteiger partial charge in [0.1, 0.15) is 5.15 Å². The Hall–Kier alpha value is -1.49. The third kappa shape index (κ3) is 2.77. The summed E-state index contributed by atoms with van der Waals surface area (Å²) in [5.41, 5.74) is 5.88. The normalized spacial score (nSPS) is 9.57. The van der Waals surface area contributed by atoms with Crippen molar-refractivity contribution in [1.29, 1.82) is 0 Å². The predicted molar refractivity (Wildman–Crippen MR) is 51.2 cm³/mol. The highest BCUT2D eigenvalue weighted by molar-refractivity contribution is 6.29. The highest BCUT2D eigenvalue weighted by Crippen LogP contribution is 2.22. The molecule has 1 rings (SSSR count). The highest BCUT2D eigenvalue weighted by atomic mass is 35.5. The molecule has 1 aromatic rings. The number of nitrogens with two attached hydrogens (primary N) is 1. The second-order valence-electron chi connectivity index (χ2n) is 2.41. The number of nitrogens with zero attached hydrogens (tertiary/aromatic N) is 1. The summed E-state index contributed by atoms with van der Waals surface area (Å²) in [7, 11) is 1.27. The molecule has 2 N–H and O–H groups in total. The van der Waals surface area contributed by atoms with Gasteiger partial charge in [-0.25, -0.2) is 9.78 Å². The first-order valence-electron chi connectivity index (χ1n) is 3.74. The fourth-order valence-electron chi connectivity index (χ4n) is 0.748. The van der Waals surface area contributed by atoms with E-state index in [2.05, 4.69) is 9.72 Å². The van der Waals surface area contributed by atoms with Gasteiger partial charge in [0.15, 0.2) is 12.4 Å². The van der Waals surface area contributed by atoms with Gasteiger partial charge in [-0.05, 0) is 0 Å². The molecule has 5 nitrogen and oxygen atoms in total. The third-order valence-corrected chi connectivity index (χ3v) is 1.64. The van der Waals surface area contributed by atoms with E-state index in [0.717, 1.165) is 0 Å². The molecule has 0 bridgehead atoms. The molecule has 0 amide bonds. The Labute approximate surface area is 85.8 Å². The molecule has 0 aliphatic heterocycles. The van der Waals surface area contributed by atoms with Crippen LogP contribution in [0.2, 0.25) is 5.15 Å². The largest absolute Gasteiger partial charge is 0.478 e. The predicted octanol–water partition coefficient (Wildman–Crippen LogP) is 0.869. The van der Waals surface area contributed by atoms with E-state index in [1.54, 1.807) is 0 Å². The van der Waals surface area contributed by atoms with Crippen molar-refractivity contribution < 1.29 is 14.3 Å². The van der Waals surface area contributed by atoms with Crippen LogP contribution in [0.5, 0.6) is 5.75 Å². The Balaban J connectivity index is 2.63. The second-order valence-corrected chi connectivity index (χ2v) is 2.80. The summed E-state index contributed by atoms with van der Waals surface area (Å²) in [4.78, 5) is 14.5. The van der Waals surface area contributed by atoms with Crippen LogP contribution in [-0.4, -0.2) is 24.7 Å². The molecule has 0 saturated carbocycles. The number of esters is 1. The van der Waals surface area contributed by atoms with E-state index in [4.69, 9.17) is 22.1 Å². The molecule has 0 radical (unpaired) electrons. The molecule has 0 spiro atoms. The third-order valence-electron chi connectivity index (χ3n) is 1.44. The lowest BCUT2D eigenvalue weighted by Crippen LogP contribution is -2.13. The van der Waals surface area contributed by atoms with Crippen molar-refractivity contribution in [2.45, 2.75) is 0 Å². The topological polar surface area (TPSA) is 74.4 Å². The molecular formula is C8H9ClN2O3. The maximum atomic E-state index is 10.7. The zero-order chi connectivity index (χ0) is 10.6. The number of hydrogen-bond acceptors (Lipinski definition) is 5. The van der Waals surface area contributed by atoms with E-state index in [1.165, 1.54) is 19.4 Å². The summed E-state index contributed by atoms with van der Waals surface area (Å²) in [6.07, 6.45) is 1.35. The van der Waals surface area contributed by atoms with Crippen LogP contribution in [-0.2, 0) is 9.53 Å². The Morgan fingerprint density at radius 2 is 2.43 bits per heavy atom. The standard InChI is InChI=1S/C8H9ClN2O3/c1-13-8(12)4-14-6-3-11-7(9)2-5(6)10/h2-3H,4H2,1H3,(H2,10,11). The van der Waals surface area contributed by atoms with Crippen LogP contribution in [0.4, 0.5) is 5.69 Å². The van der Waals surface area contributed by atoms with Gasteiger partial charge in [-0.2, -0.15) is 0 Å². The van der Waals surface area contributed by atoms with Gasteiger partial charge in [0.25, 0.3) is 0 Å². The number of methoxy groups -OCH3 is 1. The van der Waals surface area contributed by atoms with Crippen molar-refractivity contribution in [3.05, 3.63) is 17.4 Å². The molecule has 6 heteroatoms. The number of nitrogen functional groups attached to an aromatic ring is 1. The van der Waals surface area contributed by atoms with Gasteiger partial charge in [-0.15, -0.1) is 0 Å². The minimum Gasteiger partial charge on any atom is -0.478 e. The molecule has 14 heavy (non-hydrogen) atoms. The van der Waals surface area contributed by atoms with E-state index < -0.39 is 5.97 Å². The number of hydrogen-bond donors (Lipinski definition) is 1. The van der Waals surface area contributed by atoms with Crippen molar-refractivity contribution in [2.24, 2.45) is 0 Å². The first-order valence-corrected chi connectivity index (χ1v) is 4.12. The molecule has 0 fully saturated rings. The lowest BCUT2D eigenvalue weighted by molar-refractivity contribution is -0.142.